The molecule has 1 aromatic carbocycles. The van der Waals surface area contributed by atoms with Crippen molar-refractivity contribution < 1.29 is 9.18 Å². The minimum Gasteiger partial charge on any atom is -0.325 e. The van der Waals surface area contributed by atoms with Crippen molar-refractivity contribution in [1.82, 2.24) is 5.32 Å². The van der Waals surface area contributed by atoms with E-state index in [1.165, 1.54) is 12.1 Å². The Morgan fingerprint density at radius 1 is 1.45 bits per heavy atom. The number of rotatable bonds is 4. The van der Waals surface area contributed by atoms with E-state index in [2.05, 4.69) is 17.6 Å². The van der Waals surface area contributed by atoms with Crippen LogP contribution >= 0.6 is 0 Å². The molecule has 0 bridgehead atoms. The highest BCUT2D eigenvalue weighted by Gasteiger charge is 2.38. The molecule has 20 heavy (non-hydrogen) atoms. The molecule has 0 spiro atoms. The molecule has 2 N–H and O–H groups in total. The number of benzene rings is 1. The zero-order valence-corrected chi connectivity index (χ0v) is 12.3. The standard InChI is InChI=1S/C16H23FN2O/c1-3-5-16(6-4-7-18-11-16)15(20)19-14-9-12(2)8-13(17)10-14/h8-10,18H,3-7,11H2,1-2H3,(H,19,20). The minimum absolute atomic E-state index is 0.0107. The number of aryl methyl sites for hydroxylation is 1. The lowest BCUT2D eigenvalue weighted by atomic mass is 9.76. The van der Waals surface area contributed by atoms with Gasteiger partial charge in [0.2, 0.25) is 5.91 Å². The molecule has 1 aromatic rings. The van der Waals surface area contributed by atoms with Crippen molar-refractivity contribution in [1.29, 1.82) is 0 Å². The predicted octanol–water partition coefficient (Wildman–Crippen LogP) is 3.24. The Hall–Kier alpha value is -1.42. The first-order chi connectivity index (χ1) is 9.55. The third-order valence-electron chi connectivity index (χ3n) is 3.98. The molecule has 1 fully saturated rings. The van der Waals surface area contributed by atoms with E-state index in [0.717, 1.165) is 37.8 Å². The zero-order chi connectivity index (χ0) is 14.6. The molecular weight excluding hydrogens is 255 g/mol. The molecule has 0 aliphatic carbocycles. The summed E-state index contributed by atoms with van der Waals surface area (Å²) in [6.07, 6.45) is 3.74. The fourth-order valence-corrected chi connectivity index (χ4v) is 3.04. The summed E-state index contributed by atoms with van der Waals surface area (Å²) >= 11 is 0. The number of anilines is 1. The normalized spacial score (nSPS) is 22.6. The fourth-order valence-electron chi connectivity index (χ4n) is 3.04. The Balaban J connectivity index is 2.15. The largest absolute Gasteiger partial charge is 0.325 e. The Kier molecular flexibility index (Phi) is 4.76. The van der Waals surface area contributed by atoms with Crippen LogP contribution in [0, 0.1) is 18.2 Å². The highest BCUT2D eigenvalue weighted by molar-refractivity contribution is 5.95. The molecule has 1 unspecified atom stereocenters. The summed E-state index contributed by atoms with van der Waals surface area (Å²) < 4.78 is 13.4. The average molecular weight is 278 g/mol. The van der Waals surface area contributed by atoms with Crippen molar-refractivity contribution in [2.45, 2.75) is 39.5 Å². The smallest absolute Gasteiger partial charge is 0.231 e. The molecule has 0 saturated carbocycles. The van der Waals surface area contributed by atoms with E-state index in [1.54, 1.807) is 6.07 Å². The van der Waals surface area contributed by atoms with Crippen LogP contribution in [-0.2, 0) is 4.79 Å². The van der Waals surface area contributed by atoms with Gasteiger partial charge in [-0.15, -0.1) is 0 Å². The van der Waals surface area contributed by atoms with Gasteiger partial charge in [-0.1, -0.05) is 13.3 Å². The molecule has 110 valence electrons. The second-order valence-corrected chi connectivity index (χ2v) is 5.78. The third kappa shape index (κ3) is 3.37. The van der Waals surface area contributed by atoms with Crippen LogP contribution in [-0.4, -0.2) is 19.0 Å². The number of carbonyl (C=O) groups is 1. The van der Waals surface area contributed by atoms with Gasteiger partial charge in [-0.2, -0.15) is 0 Å². The van der Waals surface area contributed by atoms with Crippen LogP contribution in [0.4, 0.5) is 10.1 Å². The Morgan fingerprint density at radius 3 is 2.85 bits per heavy atom. The number of hydrogen-bond donors (Lipinski definition) is 2. The SMILES string of the molecule is CCCC1(C(=O)Nc2cc(C)cc(F)c2)CCCNC1. The van der Waals surface area contributed by atoms with Crippen LogP contribution in [0.15, 0.2) is 18.2 Å². The number of hydrogen-bond acceptors (Lipinski definition) is 2. The number of carbonyl (C=O) groups excluding carboxylic acids is 1. The van der Waals surface area contributed by atoms with Crippen molar-refractivity contribution in [2.24, 2.45) is 5.41 Å². The molecule has 0 aromatic heterocycles. The van der Waals surface area contributed by atoms with Crippen LogP contribution in [0.1, 0.15) is 38.2 Å². The number of piperidine rings is 1. The molecule has 2 rings (SSSR count). The first-order valence-electron chi connectivity index (χ1n) is 7.35. The maximum atomic E-state index is 13.4. The van der Waals surface area contributed by atoms with Crippen LogP contribution in [0.3, 0.4) is 0 Å². The van der Waals surface area contributed by atoms with E-state index in [0.29, 0.717) is 12.2 Å². The van der Waals surface area contributed by atoms with Crippen LogP contribution in [0.5, 0.6) is 0 Å². The maximum Gasteiger partial charge on any atom is 0.231 e. The summed E-state index contributed by atoms with van der Waals surface area (Å²) in [5.74, 6) is -0.303. The Labute approximate surface area is 120 Å². The van der Waals surface area contributed by atoms with Gasteiger partial charge in [0.05, 0.1) is 5.41 Å². The minimum atomic E-state index is -0.354. The van der Waals surface area contributed by atoms with E-state index in [1.807, 2.05) is 6.92 Å². The highest BCUT2D eigenvalue weighted by atomic mass is 19.1. The fraction of sp³-hybridized carbons (Fsp3) is 0.562. The molecule has 0 radical (unpaired) electrons. The molecule has 4 heteroatoms. The van der Waals surface area contributed by atoms with Gasteiger partial charge in [-0.3, -0.25) is 4.79 Å². The molecular formula is C16H23FN2O. The van der Waals surface area contributed by atoms with Gasteiger partial charge in [0, 0.05) is 12.2 Å². The van der Waals surface area contributed by atoms with Gasteiger partial charge in [-0.05, 0) is 56.5 Å². The van der Waals surface area contributed by atoms with Crippen LogP contribution < -0.4 is 10.6 Å². The van der Waals surface area contributed by atoms with Gasteiger partial charge in [0.25, 0.3) is 0 Å². The zero-order valence-electron chi connectivity index (χ0n) is 12.3. The molecule has 1 heterocycles. The Morgan fingerprint density at radius 2 is 2.25 bits per heavy atom. The molecule has 1 aliphatic rings. The first kappa shape index (κ1) is 15.0. The predicted molar refractivity (Wildman–Crippen MR) is 79.2 cm³/mol. The van der Waals surface area contributed by atoms with Crippen molar-refractivity contribution >= 4 is 11.6 Å². The van der Waals surface area contributed by atoms with Gasteiger partial charge in [0.15, 0.2) is 0 Å². The van der Waals surface area contributed by atoms with Gasteiger partial charge in [0.1, 0.15) is 5.82 Å². The third-order valence-corrected chi connectivity index (χ3v) is 3.98. The quantitative estimate of drug-likeness (QED) is 0.887. The van der Waals surface area contributed by atoms with Crippen LogP contribution in [0.2, 0.25) is 0 Å². The summed E-state index contributed by atoms with van der Waals surface area (Å²) in [7, 11) is 0. The van der Waals surface area contributed by atoms with E-state index in [9.17, 15) is 9.18 Å². The lowest BCUT2D eigenvalue weighted by Crippen LogP contribution is -2.48. The second kappa shape index (κ2) is 6.35. The summed E-state index contributed by atoms with van der Waals surface area (Å²) in [6, 6.07) is 4.64. The highest BCUT2D eigenvalue weighted by Crippen LogP contribution is 2.33. The van der Waals surface area contributed by atoms with Crippen molar-refractivity contribution in [3.05, 3.63) is 29.6 Å². The topological polar surface area (TPSA) is 41.1 Å². The summed E-state index contributed by atoms with van der Waals surface area (Å²) in [4.78, 5) is 12.6. The van der Waals surface area contributed by atoms with Crippen molar-refractivity contribution in [3.8, 4) is 0 Å². The van der Waals surface area contributed by atoms with Crippen molar-refractivity contribution in [2.75, 3.05) is 18.4 Å². The van der Waals surface area contributed by atoms with Crippen LogP contribution in [0.25, 0.3) is 0 Å². The molecule has 1 amide bonds. The maximum absolute atomic E-state index is 13.4. The second-order valence-electron chi connectivity index (χ2n) is 5.78. The number of amides is 1. The van der Waals surface area contributed by atoms with Gasteiger partial charge < -0.3 is 10.6 Å². The van der Waals surface area contributed by atoms with Gasteiger partial charge >= 0.3 is 0 Å². The van der Waals surface area contributed by atoms with E-state index in [-0.39, 0.29) is 17.1 Å². The summed E-state index contributed by atoms with van der Waals surface area (Å²) in [6.45, 7) is 5.59. The number of halogens is 1. The molecule has 1 atom stereocenters. The Bertz CT molecular complexity index is 456. The summed E-state index contributed by atoms with van der Waals surface area (Å²) in [5, 5.41) is 6.22. The van der Waals surface area contributed by atoms with E-state index >= 15 is 0 Å². The van der Waals surface area contributed by atoms with Crippen molar-refractivity contribution in [3.63, 3.8) is 0 Å². The van der Waals surface area contributed by atoms with E-state index < -0.39 is 0 Å². The number of nitrogens with one attached hydrogen (secondary N) is 2. The molecule has 3 nitrogen and oxygen atoms in total. The first-order valence-corrected chi connectivity index (χ1v) is 7.35. The average Bonchev–Trinajstić information content (AvgIpc) is 2.38. The lowest BCUT2D eigenvalue weighted by Gasteiger charge is -2.36. The molecule has 1 aliphatic heterocycles. The monoisotopic (exact) mass is 278 g/mol. The lowest BCUT2D eigenvalue weighted by molar-refractivity contribution is -0.127. The summed E-state index contributed by atoms with van der Waals surface area (Å²) in [5.41, 5.74) is 1.01. The van der Waals surface area contributed by atoms with Gasteiger partial charge in [-0.25, -0.2) is 4.39 Å². The van der Waals surface area contributed by atoms with E-state index in [4.69, 9.17) is 0 Å². The molecule has 1 saturated heterocycles.